The Morgan fingerprint density at radius 1 is 1.06 bits per heavy atom. The van der Waals surface area contributed by atoms with Crippen molar-refractivity contribution in [3.05, 3.63) is 48.7 Å². The lowest BCUT2D eigenvalue weighted by atomic mass is 10.0. The molecule has 1 aromatic carbocycles. The molecule has 49 heavy (non-hydrogen) atoms. The number of hydrogen-bond acceptors (Lipinski definition) is 9. The van der Waals surface area contributed by atoms with E-state index in [0.717, 1.165) is 23.7 Å². The van der Waals surface area contributed by atoms with Crippen molar-refractivity contribution in [2.24, 2.45) is 5.92 Å². The van der Waals surface area contributed by atoms with Gasteiger partial charge in [0.2, 0.25) is 21.8 Å². The highest BCUT2D eigenvalue weighted by Gasteiger charge is 2.62. The van der Waals surface area contributed by atoms with Gasteiger partial charge in [-0.15, -0.1) is 0 Å². The Hall–Kier alpha value is -4.20. The largest absolute Gasteiger partial charge is 0.488 e. The normalized spacial score (nSPS) is 27.9. The minimum Gasteiger partial charge on any atom is -0.488 e. The Morgan fingerprint density at radius 3 is 2.59 bits per heavy atom. The number of fused-ring (bicyclic) bond motifs is 3. The summed E-state index contributed by atoms with van der Waals surface area (Å²) >= 11 is 0. The van der Waals surface area contributed by atoms with Gasteiger partial charge in [0.25, 0.3) is 5.91 Å². The Morgan fingerprint density at radius 2 is 1.84 bits per heavy atom. The Labute approximate surface area is 286 Å². The number of amides is 4. The maximum absolute atomic E-state index is 14.3. The number of sulfonamides is 1. The van der Waals surface area contributed by atoms with E-state index in [1.54, 1.807) is 33.0 Å². The Bertz CT molecular complexity index is 1750. The minimum atomic E-state index is -3.87. The monoisotopic (exact) mass is 695 g/mol. The second-order valence-corrected chi connectivity index (χ2v) is 16.5. The highest BCUT2D eigenvalue weighted by Crippen LogP contribution is 2.46. The second kappa shape index (κ2) is 13.6. The van der Waals surface area contributed by atoms with E-state index in [2.05, 4.69) is 20.3 Å². The molecule has 6 rings (SSSR count). The van der Waals surface area contributed by atoms with Crippen LogP contribution in [0.3, 0.4) is 0 Å². The molecule has 13 nitrogen and oxygen atoms in total. The van der Waals surface area contributed by atoms with E-state index in [-0.39, 0.29) is 19.4 Å². The van der Waals surface area contributed by atoms with Gasteiger partial charge in [0.1, 0.15) is 35.1 Å². The van der Waals surface area contributed by atoms with E-state index < -0.39 is 74.3 Å². The van der Waals surface area contributed by atoms with Crippen LogP contribution in [0.5, 0.6) is 5.75 Å². The molecule has 0 spiro atoms. The molecule has 4 aliphatic rings. The molecule has 4 amide bonds. The molecule has 2 aliphatic heterocycles. The lowest BCUT2D eigenvalue weighted by Crippen LogP contribution is -2.58. The molecule has 264 valence electrons. The lowest BCUT2D eigenvalue weighted by Gasteiger charge is -2.30. The van der Waals surface area contributed by atoms with E-state index in [1.165, 1.54) is 4.90 Å². The van der Waals surface area contributed by atoms with Crippen molar-refractivity contribution < 1.29 is 37.1 Å². The van der Waals surface area contributed by atoms with Crippen LogP contribution in [-0.4, -0.2) is 83.2 Å². The maximum atomic E-state index is 14.3. The third-order valence-corrected chi connectivity index (χ3v) is 11.3. The molecule has 3 heterocycles. The number of rotatable bonds is 6. The van der Waals surface area contributed by atoms with Crippen LogP contribution in [0.4, 0.5) is 4.79 Å². The summed E-state index contributed by atoms with van der Waals surface area (Å²) in [6.07, 6.45) is 8.67. The van der Waals surface area contributed by atoms with E-state index in [9.17, 15) is 27.6 Å². The average molecular weight is 696 g/mol. The fraction of sp³-hybridized carbons (Fsp3) is 0.571. The number of allylic oxidation sites excluding steroid dienone is 1. The van der Waals surface area contributed by atoms with Gasteiger partial charge in [-0.05, 0) is 77.5 Å². The summed E-state index contributed by atoms with van der Waals surface area (Å²) in [5, 5.41) is 5.77. The molecule has 2 aromatic rings. The number of ether oxygens (including phenoxy) is 2. The van der Waals surface area contributed by atoms with Gasteiger partial charge in [-0.25, -0.2) is 13.2 Å². The van der Waals surface area contributed by atoms with Crippen LogP contribution in [0.2, 0.25) is 0 Å². The molecular formula is C35H45N5O8S. The van der Waals surface area contributed by atoms with Crippen LogP contribution in [0.1, 0.15) is 78.6 Å². The fourth-order valence-corrected chi connectivity index (χ4v) is 8.01. The smallest absolute Gasteiger partial charge is 0.408 e. The number of nitrogens with one attached hydrogen (secondary N) is 3. The van der Waals surface area contributed by atoms with E-state index in [0.29, 0.717) is 37.9 Å². The Balaban J connectivity index is 1.30. The van der Waals surface area contributed by atoms with Gasteiger partial charge in [0.15, 0.2) is 0 Å². The highest BCUT2D eigenvalue weighted by atomic mass is 32.2. The number of nitrogens with zero attached hydrogens (tertiary/aromatic N) is 2. The van der Waals surface area contributed by atoms with Crippen LogP contribution in [0.15, 0.2) is 48.7 Å². The molecule has 2 saturated carbocycles. The molecule has 0 bridgehead atoms. The predicted molar refractivity (Wildman–Crippen MR) is 181 cm³/mol. The SMILES string of the molecule is CC(C)(C)OC(=O)N[C@H]1CCCCCC=CC2C[C@@]2(C(=O)NS(=O)(=O)C2CC2)NC(=O)[C@@H]2C[C@@H](Oc3ccnc4ccccc34)CN2C1=O. The number of benzene rings is 1. The second-order valence-electron chi connectivity index (χ2n) is 14.5. The molecule has 14 heteroatoms. The van der Waals surface area contributed by atoms with Gasteiger partial charge in [-0.1, -0.05) is 37.1 Å². The van der Waals surface area contributed by atoms with E-state index in [4.69, 9.17) is 9.47 Å². The molecule has 5 atom stereocenters. The summed E-state index contributed by atoms with van der Waals surface area (Å²) in [7, 11) is -3.87. The molecule has 0 radical (unpaired) electrons. The number of carbonyl (C=O) groups is 4. The first-order valence-corrected chi connectivity index (χ1v) is 18.7. The number of aromatic nitrogens is 1. The third kappa shape index (κ3) is 8.00. The zero-order valence-electron chi connectivity index (χ0n) is 28.1. The zero-order valence-corrected chi connectivity index (χ0v) is 29.0. The van der Waals surface area contributed by atoms with Crippen molar-refractivity contribution in [2.45, 2.75) is 113 Å². The van der Waals surface area contributed by atoms with Gasteiger partial charge >= 0.3 is 6.09 Å². The topological polar surface area (TPSA) is 173 Å². The van der Waals surface area contributed by atoms with E-state index >= 15 is 0 Å². The maximum Gasteiger partial charge on any atom is 0.408 e. The summed E-state index contributed by atoms with van der Waals surface area (Å²) < 4.78 is 39.6. The van der Waals surface area contributed by atoms with Crippen LogP contribution in [0.25, 0.3) is 10.9 Å². The third-order valence-electron chi connectivity index (χ3n) is 9.44. The van der Waals surface area contributed by atoms with Crippen molar-refractivity contribution in [1.82, 2.24) is 25.2 Å². The number of pyridine rings is 1. The summed E-state index contributed by atoms with van der Waals surface area (Å²) in [6.45, 7) is 5.24. The van der Waals surface area contributed by atoms with Gasteiger partial charge in [-0.2, -0.15) is 0 Å². The van der Waals surface area contributed by atoms with Gasteiger partial charge < -0.3 is 25.0 Å². The first-order chi connectivity index (χ1) is 23.3. The lowest BCUT2D eigenvalue weighted by molar-refractivity contribution is -0.141. The Kier molecular flexibility index (Phi) is 9.62. The first kappa shape index (κ1) is 34.7. The van der Waals surface area contributed by atoms with Gasteiger partial charge in [0, 0.05) is 23.9 Å². The van der Waals surface area contributed by atoms with Gasteiger partial charge in [0.05, 0.1) is 17.3 Å². The van der Waals surface area contributed by atoms with E-state index in [1.807, 2.05) is 36.4 Å². The molecule has 1 unspecified atom stereocenters. The molecule has 1 saturated heterocycles. The van der Waals surface area contributed by atoms with Crippen LogP contribution in [0, 0.1) is 5.92 Å². The molecule has 1 aromatic heterocycles. The number of para-hydroxylation sites is 1. The predicted octanol–water partition coefficient (Wildman–Crippen LogP) is 3.48. The number of alkyl carbamates (subject to hydrolysis) is 1. The first-order valence-electron chi connectivity index (χ1n) is 17.1. The van der Waals surface area contributed by atoms with Crippen molar-refractivity contribution in [3.63, 3.8) is 0 Å². The van der Waals surface area contributed by atoms with Crippen molar-refractivity contribution >= 4 is 44.7 Å². The van der Waals surface area contributed by atoms with Crippen molar-refractivity contribution in [3.8, 4) is 5.75 Å². The van der Waals surface area contributed by atoms with Crippen LogP contribution < -0.4 is 20.1 Å². The van der Waals surface area contributed by atoms with Gasteiger partial charge in [-0.3, -0.25) is 24.1 Å². The zero-order chi connectivity index (χ0) is 35.0. The van der Waals surface area contributed by atoms with Crippen LogP contribution in [-0.2, 0) is 29.1 Å². The molecule has 3 N–H and O–H groups in total. The summed E-state index contributed by atoms with van der Waals surface area (Å²) in [4.78, 5) is 60.9. The molecule has 2 aliphatic carbocycles. The van der Waals surface area contributed by atoms with Crippen molar-refractivity contribution in [2.75, 3.05) is 6.54 Å². The average Bonchev–Trinajstić information content (AvgIpc) is 3.96. The minimum absolute atomic E-state index is 0.0403. The number of carbonyl (C=O) groups excluding carboxylic acids is 4. The quantitative estimate of drug-likeness (QED) is 0.383. The summed E-state index contributed by atoms with van der Waals surface area (Å²) in [5.74, 6) is -1.70. The van der Waals surface area contributed by atoms with Crippen LogP contribution >= 0.6 is 0 Å². The van der Waals surface area contributed by atoms with Crippen molar-refractivity contribution in [1.29, 1.82) is 0 Å². The molecule has 3 fully saturated rings. The summed E-state index contributed by atoms with van der Waals surface area (Å²) in [6, 6.07) is 7.17. The fourth-order valence-electron chi connectivity index (χ4n) is 6.65. The highest BCUT2D eigenvalue weighted by molar-refractivity contribution is 7.91. The molecular weight excluding hydrogens is 650 g/mol. The number of hydrogen-bond donors (Lipinski definition) is 3. The standard InChI is InChI=1S/C35H45N5O8S/c1-34(2,3)48-33(44)37-27-14-8-6-4-5-7-11-22-20-35(22,32(43)39-49(45,46)24-15-16-24)38-30(41)28-19-23(21-40(28)31(27)42)47-29-17-18-36-26-13-10-9-12-25(26)29/h7,9-13,17-18,22-24,27-28H,4-6,8,14-16,19-21H2,1-3H3,(H,37,44)(H,38,41)(H,39,43)/t22?,23-,27+,28+,35-/m1/s1. The summed E-state index contributed by atoms with van der Waals surface area (Å²) in [5.41, 5.74) is -1.53.